The Balaban J connectivity index is 1.96. The van der Waals surface area contributed by atoms with Gasteiger partial charge >= 0.3 is 0 Å². The first-order valence-electron chi connectivity index (χ1n) is 6.65. The lowest BCUT2D eigenvalue weighted by molar-refractivity contribution is 1.22. The Hall–Kier alpha value is -2.26. The van der Waals surface area contributed by atoms with Gasteiger partial charge in [-0.2, -0.15) is 0 Å². The molecule has 0 saturated heterocycles. The molecule has 21 heavy (non-hydrogen) atoms. The third kappa shape index (κ3) is 4.65. The number of halogens is 1. The van der Waals surface area contributed by atoms with E-state index in [2.05, 4.69) is 36.5 Å². The lowest BCUT2D eigenvalue weighted by Crippen LogP contribution is -2.10. The Bertz CT molecular complexity index is 643. The molecule has 0 heterocycles. The minimum atomic E-state index is 0.0643. The molecule has 0 atom stereocenters. The van der Waals surface area contributed by atoms with Crippen molar-refractivity contribution in [2.45, 2.75) is 13.3 Å². The predicted octanol–water partition coefficient (Wildman–Crippen LogP) is 4.01. The average Bonchev–Trinajstić information content (AvgIpc) is 2.48. The van der Waals surface area contributed by atoms with Crippen LogP contribution in [0.2, 0.25) is 0 Å². The van der Waals surface area contributed by atoms with Crippen molar-refractivity contribution in [3.63, 3.8) is 0 Å². The molecule has 0 aliphatic rings. The van der Waals surface area contributed by atoms with Gasteiger partial charge in [-0.3, -0.25) is 5.41 Å². The highest BCUT2D eigenvalue weighted by atomic mass is 35.5. The van der Waals surface area contributed by atoms with Crippen LogP contribution in [0.5, 0.6) is 0 Å². The summed E-state index contributed by atoms with van der Waals surface area (Å²) in [6, 6.07) is 15.6. The van der Waals surface area contributed by atoms with Gasteiger partial charge in [0.05, 0.1) is 0 Å². The second-order valence-corrected chi connectivity index (χ2v) is 5.37. The molecule has 2 aromatic carbocycles. The number of anilines is 1. The number of benzene rings is 2. The Labute approximate surface area is 130 Å². The van der Waals surface area contributed by atoms with Crippen molar-refractivity contribution in [1.29, 1.82) is 5.41 Å². The summed E-state index contributed by atoms with van der Waals surface area (Å²) >= 11 is 6.23. The minimum absolute atomic E-state index is 0.0643. The van der Waals surface area contributed by atoms with Crippen molar-refractivity contribution in [2.24, 2.45) is 5.73 Å². The van der Waals surface area contributed by atoms with E-state index in [9.17, 15) is 0 Å². The van der Waals surface area contributed by atoms with E-state index in [0.29, 0.717) is 12.0 Å². The zero-order valence-corrected chi connectivity index (χ0v) is 12.6. The standard InChI is InChI=1S/C17H18ClN3/c1-12-2-4-13(5-3-12)10-15(18)11-21-16-8-6-14(7-9-16)17(19)20/h2-9,11,21H,10H2,1H3,(H3,19,20). The number of nitrogens with two attached hydrogens (primary N) is 1. The number of hydrogen-bond acceptors (Lipinski definition) is 2. The van der Waals surface area contributed by atoms with E-state index in [1.807, 2.05) is 12.1 Å². The highest BCUT2D eigenvalue weighted by Crippen LogP contribution is 2.14. The van der Waals surface area contributed by atoms with E-state index in [1.54, 1.807) is 18.3 Å². The third-order valence-corrected chi connectivity index (χ3v) is 3.33. The van der Waals surface area contributed by atoms with Crippen LogP contribution >= 0.6 is 11.6 Å². The smallest absolute Gasteiger partial charge is 0.122 e. The number of nitrogen functional groups attached to an aromatic ring is 1. The molecule has 2 rings (SSSR count). The van der Waals surface area contributed by atoms with Crippen molar-refractivity contribution >= 4 is 23.1 Å². The first-order chi connectivity index (χ1) is 10.0. The fraction of sp³-hybridized carbons (Fsp3) is 0.118. The predicted molar refractivity (Wildman–Crippen MR) is 89.9 cm³/mol. The summed E-state index contributed by atoms with van der Waals surface area (Å²) < 4.78 is 0. The molecule has 0 spiro atoms. The molecule has 0 aliphatic heterocycles. The second-order valence-electron chi connectivity index (χ2n) is 4.89. The maximum absolute atomic E-state index is 7.34. The number of aryl methyl sites for hydroxylation is 1. The molecule has 0 bridgehead atoms. The average molecular weight is 300 g/mol. The van der Waals surface area contributed by atoms with Gasteiger partial charge in [-0.1, -0.05) is 41.4 Å². The van der Waals surface area contributed by atoms with Crippen molar-refractivity contribution in [3.05, 3.63) is 76.5 Å². The Morgan fingerprint density at radius 3 is 2.33 bits per heavy atom. The highest BCUT2D eigenvalue weighted by Gasteiger charge is 1.98. The van der Waals surface area contributed by atoms with Gasteiger partial charge in [-0.05, 0) is 36.8 Å². The van der Waals surface area contributed by atoms with E-state index >= 15 is 0 Å². The van der Waals surface area contributed by atoms with Gasteiger partial charge < -0.3 is 11.1 Å². The van der Waals surface area contributed by atoms with E-state index in [-0.39, 0.29) is 5.84 Å². The molecular formula is C17H18ClN3. The zero-order chi connectivity index (χ0) is 15.2. The van der Waals surface area contributed by atoms with Gasteiger partial charge in [0.25, 0.3) is 0 Å². The number of rotatable bonds is 5. The number of nitrogens with one attached hydrogen (secondary N) is 2. The first-order valence-corrected chi connectivity index (χ1v) is 7.03. The van der Waals surface area contributed by atoms with Gasteiger partial charge in [0.15, 0.2) is 0 Å². The van der Waals surface area contributed by atoms with E-state index in [1.165, 1.54) is 11.1 Å². The fourth-order valence-electron chi connectivity index (χ4n) is 1.86. The second kappa shape index (κ2) is 6.95. The molecule has 3 nitrogen and oxygen atoms in total. The van der Waals surface area contributed by atoms with Crippen molar-refractivity contribution in [3.8, 4) is 0 Å². The van der Waals surface area contributed by atoms with Crippen LogP contribution in [0.15, 0.2) is 59.8 Å². The molecule has 108 valence electrons. The SMILES string of the molecule is Cc1ccc(CC(Cl)=CNc2ccc(C(=N)N)cc2)cc1. The van der Waals surface area contributed by atoms with Crippen LogP contribution in [0.25, 0.3) is 0 Å². The molecule has 4 heteroatoms. The van der Waals surface area contributed by atoms with Crippen molar-refractivity contribution < 1.29 is 0 Å². The largest absolute Gasteiger partial charge is 0.384 e. The molecule has 0 aliphatic carbocycles. The molecule has 0 aromatic heterocycles. The third-order valence-electron chi connectivity index (χ3n) is 3.08. The van der Waals surface area contributed by atoms with Crippen LogP contribution in [0.3, 0.4) is 0 Å². The molecule has 0 saturated carbocycles. The lowest BCUT2D eigenvalue weighted by Gasteiger charge is -2.05. The van der Waals surface area contributed by atoms with Crippen LogP contribution in [0, 0.1) is 12.3 Å². The first kappa shape index (κ1) is 15.1. The Morgan fingerprint density at radius 1 is 1.14 bits per heavy atom. The Kier molecular flexibility index (Phi) is 5.01. The summed E-state index contributed by atoms with van der Waals surface area (Å²) in [4.78, 5) is 0. The Morgan fingerprint density at radius 2 is 1.76 bits per heavy atom. The topological polar surface area (TPSA) is 61.9 Å². The van der Waals surface area contributed by atoms with E-state index < -0.39 is 0 Å². The molecule has 0 unspecified atom stereocenters. The number of hydrogen-bond donors (Lipinski definition) is 3. The van der Waals surface area contributed by atoms with Gasteiger partial charge in [-0.15, -0.1) is 0 Å². The van der Waals surface area contributed by atoms with Crippen LogP contribution in [0.1, 0.15) is 16.7 Å². The van der Waals surface area contributed by atoms with Crippen LogP contribution < -0.4 is 11.1 Å². The summed E-state index contributed by atoms with van der Waals surface area (Å²) in [6.45, 7) is 2.06. The summed E-state index contributed by atoms with van der Waals surface area (Å²) in [5, 5.41) is 11.2. The van der Waals surface area contributed by atoms with Gasteiger partial charge in [-0.25, -0.2) is 0 Å². The maximum Gasteiger partial charge on any atom is 0.122 e. The molecule has 0 radical (unpaired) electrons. The fourth-order valence-corrected chi connectivity index (χ4v) is 2.07. The van der Waals surface area contributed by atoms with Crippen LogP contribution in [-0.2, 0) is 6.42 Å². The van der Waals surface area contributed by atoms with Gasteiger partial charge in [0.2, 0.25) is 0 Å². The molecule has 4 N–H and O–H groups in total. The maximum atomic E-state index is 7.34. The van der Waals surface area contributed by atoms with E-state index in [0.717, 1.165) is 10.7 Å². The summed E-state index contributed by atoms with van der Waals surface area (Å²) in [6.07, 6.45) is 2.48. The quantitative estimate of drug-likeness (QED) is 0.577. The highest BCUT2D eigenvalue weighted by molar-refractivity contribution is 6.29. The minimum Gasteiger partial charge on any atom is -0.384 e. The normalized spacial score (nSPS) is 11.2. The molecular weight excluding hydrogens is 282 g/mol. The van der Waals surface area contributed by atoms with E-state index in [4.69, 9.17) is 22.7 Å². The van der Waals surface area contributed by atoms with Crippen LogP contribution in [-0.4, -0.2) is 5.84 Å². The molecule has 2 aromatic rings. The summed E-state index contributed by atoms with van der Waals surface area (Å²) in [5.41, 5.74) is 9.44. The van der Waals surface area contributed by atoms with Gasteiger partial charge in [0.1, 0.15) is 5.84 Å². The number of amidine groups is 1. The lowest BCUT2D eigenvalue weighted by atomic mass is 10.1. The number of allylic oxidation sites excluding steroid dienone is 1. The summed E-state index contributed by atoms with van der Waals surface area (Å²) in [7, 11) is 0. The summed E-state index contributed by atoms with van der Waals surface area (Å²) in [5.74, 6) is 0.0643. The van der Waals surface area contributed by atoms with Crippen molar-refractivity contribution in [2.75, 3.05) is 5.32 Å². The van der Waals surface area contributed by atoms with Gasteiger partial charge in [0, 0.05) is 28.9 Å². The van der Waals surface area contributed by atoms with Crippen molar-refractivity contribution in [1.82, 2.24) is 0 Å². The zero-order valence-electron chi connectivity index (χ0n) is 11.9. The molecule has 0 amide bonds. The monoisotopic (exact) mass is 299 g/mol. The van der Waals surface area contributed by atoms with Crippen LogP contribution in [0.4, 0.5) is 5.69 Å². The molecule has 0 fully saturated rings.